The van der Waals surface area contributed by atoms with Crippen LogP contribution >= 0.6 is 0 Å². The van der Waals surface area contributed by atoms with Crippen LogP contribution in [-0.4, -0.2) is 0 Å². The predicted molar refractivity (Wildman–Crippen MR) is 91.2 cm³/mol. The monoisotopic (exact) mass is 326 g/mol. The molecule has 1 aromatic carbocycles. The summed E-state index contributed by atoms with van der Waals surface area (Å²) >= 11 is 0. The van der Waals surface area contributed by atoms with E-state index in [9.17, 15) is 8.78 Å². The van der Waals surface area contributed by atoms with Crippen molar-refractivity contribution < 1.29 is 13.2 Å². The third-order valence-corrected chi connectivity index (χ3v) is 4.26. The Morgan fingerprint density at radius 2 is 1.52 bits per heavy atom. The topological polar surface area (TPSA) is 0 Å². The molecule has 1 unspecified atom stereocenters. The summed E-state index contributed by atoms with van der Waals surface area (Å²) in [4.78, 5) is 0. The summed E-state index contributed by atoms with van der Waals surface area (Å²) < 4.78 is 43.8. The summed E-state index contributed by atoms with van der Waals surface area (Å²) in [5.41, 5.74) is 0.273. The molecule has 0 spiro atoms. The van der Waals surface area contributed by atoms with Crippen molar-refractivity contribution in [2.24, 2.45) is 11.3 Å². The van der Waals surface area contributed by atoms with Gasteiger partial charge in [0, 0.05) is 11.1 Å². The Morgan fingerprint density at radius 1 is 1.00 bits per heavy atom. The van der Waals surface area contributed by atoms with Gasteiger partial charge in [-0.3, -0.25) is 0 Å². The summed E-state index contributed by atoms with van der Waals surface area (Å²) in [5, 5.41) is 0. The van der Waals surface area contributed by atoms with Gasteiger partial charge in [-0.05, 0) is 42.1 Å². The molecule has 0 radical (unpaired) electrons. The van der Waals surface area contributed by atoms with E-state index in [4.69, 9.17) is 0 Å². The highest BCUT2D eigenvalue weighted by atomic mass is 19.2. The molecule has 0 N–H and O–H groups in total. The lowest BCUT2D eigenvalue weighted by Gasteiger charge is -2.31. The quantitative estimate of drug-likeness (QED) is 0.409. The molecule has 0 aliphatic heterocycles. The minimum Gasteiger partial charge on any atom is -0.206 e. The van der Waals surface area contributed by atoms with Crippen molar-refractivity contribution in [1.82, 2.24) is 0 Å². The zero-order valence-corrected chi connectivity index (χ0v) is 15.2. The van der Waals surface area contributed by atoms with Gasteiger partial charge in [0.1, 0.15) is 5.82 Å². The Hall–Kier alpha value is -1.25. The second kappa shape index (κ2) is 7.55. The van der Waals surface area contributed by atoms with Crippen molar-refractivity contribution in [3.05, 3.63) is 46.8 Å². The highest BCUT2D eigenvalue weighted by Crippen LogP contribution is 2.41. The average Bonchev–Trinajstić information content (AvgIpc) is 2.42. The number of benzene rings is 1. The van der Waals surface area contributed by atoms with E-state index in [0.717, 1.165) is 0 Å². The van der Waals surface area contributed by atoms with Gasteiger partial charge < -0.3 is 0 Å². The van der Waals surface area contributed by atoms with Crippen molar-refractivity contribution >= 4 is 0 Å². The van der Waals surface area contributed by atoms with E-state index in [1.165, 1.54) is 6.08 Å². The maximum atomic E-state index is 15.0. The number of hydrogen-bond donors (Lipinski definition) is 0. The average molecular weight is 326 g/mol. The number of allylic oxidation sites excluding steroid dienone is 1. The standard InChI is InChI=1S/C20H29F3/c1-8-10-14-16(15(12(3)4)11-20(5,6)7)17(21)13(9-2)18(22)19(14)23/h8,12,15H,1,9-11H2,2-7H3. The largest absolute Gasteiger partial charge is 0.206 e. The minimum atomic E-state index is -1.05. The Bertz CT molecular complexity index is 565. The lowest BCUT2D eigenvalue weighted by atomic mass is 9.74. The van der Waals surface area contributed by atoms with Crippen molar-refractivity contribution in [3.63, 3.8) is 0 Å². The molecule has 3 heteroatoms. The molecule has 1 atom stereocenters. The van der Waals surface area contributed by atoms with Crippen LogP contribution in [0.5, 0.6) is 0 Å². The highest BCUT2D eigenvalue weighted by molar-refractivity contribution is 5.40. The first-order chi connectivity index (χ1) is 10.5. The second-order valence-corrected chi connectivity index (χ2v) is 7.77. The van der Waals surface area contributed by atoms with Crippen molar-refractivity contribution in [3.8, 4) is 0 Å². The fourth-order valence-electron chi connectivity index (χ4n) is 3.15. The third kappa shape index (κ3) is 4.39. The van der Waals surface area contributed by atoms with Crippen molar-refractivity contribution in [1.29, 1.82) is 0 Å². The molecule has 1 rings (SSSR count). The van der Waals surface area contributed by atoms with Gasteiger partial charge in [-0.15, -0.1) is 6.58 Å². The highest BCUT2D eigenvalue weighted by Gasteiger charge is 2.32. The zero-order chi connectivity index (χ0) is 17.9. The molecule has 0 heterocycles. The molecule has 0 saturated heterocycles. The molecular formula is C20H29F3. The van der Waals surface area contributed by atoms with Gasteiger partial charge in [-0.2, -0.15) is 0 Å². The van der Waals surface area contributed by atoms with Gasteiger partial charge >= 0.3 is 0 Å². The van der Waals surface area contributed by atoms with E-state index < -0.39 is 17.5 Å². The van der Waals surface area contributed by atoms with Gasteiger partial charge in [0.15, 0.2) is 11.6 Å². The van der Waals surface area contributed by atoms with Crippen LogP contribution in [0.3, 0.4) is 0 Å². The van der Waals surface area contributed by atoms with Crippen LogP contribution in [0.4, 0.5) is 13.2 Å². The number of rotatable bonds is 6. The fraction of sp³-hybridized carbons (Fsp3) is 0.600. The summed E-state index contributed by atoms with van der Waals surface area (Å²) in [6.07, 6.45) is 2.48. The number of hydrogen-bond acceptors (Lipinski definition) is 0. The minimum absolute atomic E-state index is 0.0376. The molecular weight excluding hydrogens is 297 g/mol. The second-order valence-electron chi connectivity index (χ2n) is 7.77. The van der Waals surface area contributed by atoms with Crippen LogP contribution in [0.2, 0.25) is 0 Å². The van der Waals surface area contributed by atoms with Crippen molar-refractivity contribution in [2.75, 3.05) is 0 Å². The van der Waals surface area contributed by atoms with Crippen LogP contribution in [-0.2, 0) is 12.8 Å². The molecule has 0 aliphatic carbocycles. The third-order valence-electron chi connectivity index (χ3n) is 4.26. The Morgan fingerprint density at radius 3 is 1.91 bits per heavy atom. The summed E-state index contributed by atoms with van der Waals surface area (Å²) in [6, 6.07) is 0. The first kappa shape index (κ1) is 19.8. The summed E-state index contributed by atoms with van der Waals surface area (Å²) in [6.45, 7) is 15.5. The van der Waals surface area contributed by atoms with E-state index in [0.29, 0.717) is 12.0 Å². The first-order valence-electron chi connectivity index (χ1n) is 8.34. The molecule has 0 saturated carbocycles. The van der Waals surface area contributed by atoms with E-state index in [-0.39, 0.29) is 41.2 Å². The van der Waals surface area contributed by atoms with Crippen LogP contribution in [0, 0.1) is 28.8 Å². The predicted octanol–water partition coefficient (Wildman–Crippen LogP) is 6.57. The molecule has 130 valence electrons. The molecule has 0 fully saturated rings. The maximum absolute atomic E-state index is 15.0. The van der Waals surface area contributed by atoms with Crippen LogP contribution in [0.15, 0.2) is 12.7 Å². The van der Waals surface area contributed by atoms with Crippen molar-refractivity contribution in [2.45, 2.75) is 66.7 Å². The summed E-state index contributed by atoms with van der Waals surface area (Å²) in [7, 11) is 0. The van der Waals surface area contributed by atoms with E-state index in [2.05, 4.69) is 27.4 Å². The smallest absolute Gasteiger partial charge is 0.165 e. The molecule has 0 aromatic heterocycles. The molecule has 0 aliphatic rings. The van der Waals surface area contributed by atoms with Gasteiger partial charge in [0.2, 0.25) is 0 Å². The van der Waals surface area contributed by atoms with Crippen LogP contribution < -0.4 is 0 Å². The normalized spacial score (nSPS) is 13.5. The van der Waals surface area contributed by atoms with Gasteiger partial charge in [0.05, 0.1) is 0 Å². The Labute approximate surface area is 138 Å². The van der Waals surface area contributed by atoms with E-state index >= 15 is 4.39 Å². The van der Waals surface area contributed by atoms with Gasteiger partial charge in [-0.25, -0.2) is 13.2 Å². The first-order valence-corrected chi connectivity index (χ1v) is 8.34. The Kier molecular flexibility index (Phi) is 6.49. The molecule has 0 bridgehead atoms. The molecule has 1 aromatic rings. The molecule has 0 nitrogen and oxygen atoms in total. The molecule has 0 amide bonds. The summed E-state index contributed by atoms with van der Waals surface area (Å²) in [5.74, 6) is -2.58. The lowest BCUT2D eigenvalue weighted by Crippen LogP contribution is -2.21. The lowest BCUT2D eigenvalue weighted by molar-refractivity contribution is 0.293. The van der Waals surface area contributed by atoms with Gasteiger partial charge in [0.25, 0.3) is 0 Å². The SMILES string of the molecule is C=CCc1c(F)c(F)c(CC)c(F)c1C(CC(C)(C)C)C(C)C. The maximum Gasteiger partial charge on any atom is 0.165 e. The van der Waals surface area contributed by atoms with Crippen LogP contribution in [0.25, 0.3) is 0 Å². The van der Waals surface area contributed by atoms with Crippen LogP contribution in [0.1, 0.15) is 70.6 Å². The molecule has 23 heavy (non-hydrogen) atoms. The Balaban J connectivity index is 3.69. The van der Waals surface area contributed by atoms with E-state index in [1.54, 1.807) is 6.92 Å². The van der Waals surface area contributed by atoms with E-state index in [1.807, 2.05) is 13.8 Å². The number of halogens is 3. The fourth-order valence-corrected chi connectivity index (χ4v) is 3.15. The zero-order valence-electron chi connectivity index (χ0n) is 15.2. The van der Waals surface area contributed by atoms with Gasteiger partial charge in [-0.1, -0.05) is 47.6 Å².